The average molecular weight is 159 g/mol. The Balaban J connectivity index is 2.18. The fraction of sp³-hybridized carbons (Fsp3) is 0.364. The molecule has 0 aliphatic heterocycles. The third-order valence-corrected chi connectivity index (χ3v) is 2.59. The first-order valence-electron chi connectivity index (χ1n) is 4.48. The van der Waals surface area contributed by atoms with Crippen LogP contribution in [0.15, 0.2) is 24.9 Å². The van der Waals surface area contributed by atoms with Crippen LogP contribution in [0.25, 0.3) is 6.08 Å². The molecule has 0 bridgehead atoms. The van der Waals surface area contributed by atoms with Gasteiger partial charge in [-0.1, -0.05) is 19.1 Å². The molecule has 1 aliphatic rings. The van der Waals surface area contributed by atoms with Gasteiger partial charge < -0.3 is 0 Å². The summed E-state index contributed by atoms with van der Waals surface area (Å²) in [5.41, 5.74) is 2.37. The van der Waals surface area contributed by atoms with Gasteiger partial charge in [-0.05, 0) is 36.5 Å². The highest BCUT2D eigenvalue weighted by Gasteiger charge is 2.19. The molecule has 1 heterocycles. The molecule has 1 saturated carbocycles. The molecule has 12 heavy (non-hydrogen) atoms. The van der Waals surface area contributed by atoms with Crippen molar-refractivity contribution < 1.29 is 0 Å². The maximum absolute atomic E-state index is 4.28. The second-order valence-electron chi connectivity index (χ2n) is 3.35. The van der Waals surface area contributed by atoms with Gasteiger partial charge in [-0.15, -0.1) is 0 Å². The van der Waals surface area contributed by atoms with E-state index in [1.165, 1.54) is 24.8 Å². The first-order chi connectivity index (χ1) is 5.90. The summed E-state index contributed by atoms with van der Waals surface area (Å²) in [4.78, 5) is 4.28. The Labute approximate surface area is 73.1 Å². The zero-order chi connectivity index (χ0) is 8.39. The van der Waals surface area contributed by atoms with Crippen LogP contribution >= 0.6 is 0 Å². The van der Waals surface area contributed by atoms with Gasteiger partial charge in [0.05, 0.1) is 5.69 Å². The molecule has 1 aromatic rings. The number of hydrogen-bond acceptors (Lipinski definition) is 1. The molecule has 1 heteroatoms. The lowest BCUT2D eigenvalue weighted by Gasteiger charge is -2.25. The molecule has 0 unspecified atom stereocenters. The highest BCUT2D eigenvalue weighted by molar-refractivity contribution is 5.41. The molecule has 0 amide bonds. The first-order valence-corrected chi connectivity index (χ1v) is 4.48. The Morgan fingerprint density at radius 1 is 1.42 bits per heavy atom. The minimum Gasteiger partial charge on any atom is -0.257 e. The van der Waals surface area contributed by atoms with Crippen molar-refractivity contribution in [2.24, 2.45) is 0 Å². The van der Waals surface area contributed by atoms with Crippen molar-refractivity contribution in [3.8, 4) is 0 Å². The zero-order valence-electron chi connectivity index (χ0n) is 7.16. The Bertz CT molecular complexity index is 270. The predicted molar refractivity (Wildman–Crippen MR) is 50.9 cm³/mol. The minimum absolute atomic E-state index is 0.788. The van der Waals surface area contributed by atoms with Gasteiger partial charge in [0.15, 0.2) is 0 Å². The molecule has 0 atom stereocenters. The van der Waals surface area contributed by atoms with E-state index < -0.39 is 0 Å². The quantitative estimate of drug-likeness (QED) is 0.646. The van der Waals surface area contributed by atoms with Crippen molar-refractivity contribution in [1.82, 2.24) is 4.98 Å². The van der Waals surface area contributed by atoms with Crippen LogP contribution < -0.4 is 0 Å². The van der Waals surface area contributed by atoms with Crippen LogP contribution in [-0.2, 0) is 0 Å². The van der Waals surface area contributed by atoms with Crippen molar-refractivity contribution >= 4 is 6.08 Å². The lowest BCUT2D eigenvalue weighted by Crippen LogP contribution is -2.08. The maximum Gasteiger partial charge on any atom is 0.0623 e. The molecular weight excluding hydrogens is 146 g/mol. The monoisotopic (exact) mass is 159 g/mol. The molecule has 1 aliphatic carbocycles. The SMILES string of the molecule is C=Cc1ccc(C2CCC2)cn1. The molecule has 1 aromatic heterocycles. The highest BCUT2D eigenvalue weighted by Crippen LogP contribution is 2.35. The molecule has 62 valence electrons. The van der Waals surface area contributed by atoms with Crippen molar-refractivity contribution in [3.63, 3.8) is 0 Å². The Kier molecular flexibility index (Phi) is 1.94. The summed E-state index contributed by atoms with van der Waals surface area (Å²) >= 11 is 0. The lowest BCUT2D eigenvalue weighted by molar-refractivity contribution is 0.419. The summed E-state index contributed by atoms with van der Waals surface area (Å²) in [5, 5.41) is 0. The van der Waals surface area contributed by atoms with Crippen LogP contribution in [0.3, 0.4) is 0 Å². The van der Waals surface area contributed by atoms with Crippen molar-refractivity contribution in [1.29, 1.82) is 0 Å². The molecule has 0 N–H and O–H groups in total. The summed E-state index contributed by atoms with van der Waals surface area (Å²) in [5.74, 6) is 0.788. The summed E-state index contributed by atoms with van der Waals surface area (Å²) in [6.45, 7) is 3.68. The van der Waals surface area contributed by atoms with E-state index in [0.717, 1.165) is 11.6 Å². The average Bonchev–Trinajstić information content (AvgIpc) is 2.03. The molecular formula is C11H13N. The number of aromatic nitrogens is 1. The van der Waals surface area contributed by atoms with E-state index >= 15 is 0 Å². The van der Waals surface area contributed by atoms with Gasteiger partial charge in [0.25, 0.3) is 0 Å². The first kappa shape index (κ1) is 7.53. The third kappa shape index (κ3) is 1.27. The third-order valence-electron chi connectivity index (χ3n) is 2.59. The van der Waals surface area contributed by atoms with Gasteiger partial charge in [-0.3, -0.25) is 4.98 Å². The Morgan fingerprint density at radius 2 is 2.25 bits per heavy atom. The number of hydrogen-bond donors (Lipinski definition) is 0. The Morgan fingerprint density at radius 3 is 2.67 bits per heavy atom. The van der Waals surface area contributed by atoms with Crippen molar-refractivity contribution in [3.05, 3.63) is 36.2 Å². The van der Waals surface area contributed by atoms with E-state index in [0.29, 0.717) is 0 Å². The van der Waals surface area contributed by atoms with E-state index in [1.54, 1.807) is 6.08 Å². The highest BCUT2D eigenvalue weighted by atomic mass is 14.7. The molecule has 1 fully saturated rings. The summed E-state index contributed by atoms with van der Waals surface area (Å²) in [7, 11) is 0. The topological polar surface area (TPSA) is 12.9 Å². The van der Waals surface area contributed by atoms with Gasteiger partial charge in [0.2, 0.25) is 0 Å². The molecule has 2 rings (SSSR count). The van der Waals surface area contributed by atoms with Gasteiger partial charge >= 0.3 is 0 Å². The molecule has 0 radical (unpaired) electrons. The maximum atomic E-state index is 4.28. The molecule has 0 aromatic carbocycles. The number of pyridine rings is 1. The second-order valence-corrected chi connectivity index (χ2v) is 3.35. The van der Waals surface area contributed by atoms with Crippen LogP contribution in [0.4, 0.5) is 0 Å². The molecule has 0 saturated heterocycles. The predicted octanol–water partition coefficient (Wildman–Crippen LogP) is 2.99. The van der Waals surface area contributed by atoms with Crippen molar-refractivity contribution in [2.75, 3.05) is 0 Å². The van der Waals surface area contributed by atoms with E-state index in [1.807, 2.05) is 12.3 Å². The molecule has 0 spiro atoms. The molecule has 1 nitrogen and oxygen atoms in total. The van der Waals surface area contributed by atoms with E-state index in [4.69, 9.17) is 0 Å². The van der Waals surface area contributed by atoms with Crippen LogP contribution in [0.5, 0.6) is 0 Å². The lowest BCUT2D eigenvalue weighted by atomic mass is 9.81. The van der Waals surface area contributed by atoms with E-state index in [2.05, 4.69) is 17.6 Å². The number of nitrogens with zero attached hydrogens (tertiary/aromatic N) is 1. The summed E-state index contributed by atoms with van der Waals surface area (Å²) in [6.07, 6.45) is 7.84. The van der Waals surface area contributed by atoms with Gasteiger partial charge in [0.1, 0.15) is 0 Å². The fourth-order valence-corrected chi connectivity index (χ4v) is 1.52. The normalized spacial score (nSPS) is 17.0. The number of rotatable bonds is 2. The van der Waals surface area contributed by atoms with Gasteiger partial charge in [0, 0.05) is 6.20 Å². The Hall–Kier alpha value is -1.11. The smallest absolute Gasteiger partial charge is 0.0623 e. The van der Waals surface area contributed by atoms with E-state index in [9.17, 15) is 0 Å². The second kappa shape index (κ2) is 3.10. The largest absolute Gasteiger partial charge is 0.257 e. The standard InChI is InChI=1S/C11H13N/c1-2-11-7-6-10(8-12-11)9-4-3-5-9/h2,6-9H,1,3-5H2. The minimum atomic E-state index is 0.788. The van der Waals surface area contributed by atoms with Gasteiger partial charge in [-0.2, -0.15) is 0 Å². The van der Waals surface area contributed by atoms with Gasteiger partial charge in [-0.25, -0.2) is 0 Å². The van der Waals surface area contributed by atoms with Crippen LogP contribution in [0, 0.1) is 0 Å². The fourth-order valence-electron chi connectivity index (χ4n) is 1.52. The summed E-state index contributed by atoms with van der Waals surface area (Å²) in [6, 6.07) is 4.22. The van der Waals surface area contributed by atoms with E-state index in [-0.39, 0.29) is 0 Å². The van der Waals surface area contributed by atoms with Crippen LogP contribution in [0.1, 0.15) is 36.4 Å². The summed E-state index contributed by atoms with van der Waals surface area (Å²) < 4.78 is 0. The van der Waals surface area contributed by atoms with Crippen LogP contribution in [0.2, 0.25) is 0 Å². The zero-order valence-corrected chi connectivity index (χ0v) is 7.16. The van der Waals surface area contributed by atoms with Crippen LogP contribution in [-0.4, -0.2) is 4.98 Å². The van der Waals surface area contributed by atoms with Crippen molar-refractivity contribution in [2.45, 2.75) is 25.2 Å².